The summed E-state index contributed by atoms with van der Waals surface area (Å²) >= 11 is 0. The number of nitrogens with one attached hydrogen (secondary N) is 2. The van der Waals surface area contributed by atoms with Gasteiger partial charge >= 0.3 is 0 Å². The predicted molar refractivity (Wildman–Crippen MR) is 94.7 cm³/mol. The van der Waals surface area contributed by atoms with E-state index in [1.165, 1.54) is 12.3 Å². The van der Waals surface area contributed by atoms with Crippen LogP contribution in [0.15, 0.2) is 54.7 Å². The maximum Gasteiger partial charge on any atom is 0.244 e. The normalized spacial score (nSPS) is 10.3. The number of hydrogen-bond acceptors (Lipinski definition) is 6. The number of halogens is 1. The molecule has 0 unspecified atom stereocenters. The number of ether oxygens (including phenoxy) is 1. The van der Waals surface area contributed by atoms with Gasteiger partial charge in [0.1, 0.15) is 11.6 Å². The zero-order valence-corrected chi connectivity index (χ0v) is 13.7. The average Bonchev–Trinajstić information content (AvgIpc) is 2.64. The van der Waals surface area contributed by atoms with E-state index in [4.69, 9.17) is 4.74 Å². The fraction of sp³-hybridized carbons (Fsp3) is 0.167. The Bertz CT molecular complexity index is 843. The van der Waals surface area contributed by atoms with Gasteiger partial charge in [0.25, 0.3) is 0 Å². The summed E-state index contributed by atoms with van der Waals surface area (Å²) in [6.45, 7) is 0.637. The number of hydrogen-bond donors (Lipinski definition) is 2. The molecule has 0 aliphatic heterocycles. The highest BCUT2D eigenvalue weighted by Crippen LogP contribution is 2.18. The summed E-state index contributed by atoms with van der Waals surface area (Å²) in [7, 11) is 1.64. The summed E-state index contributed by atoms with van der Waals surface area (Å²) in [5.74, 6) is 1.27. The van der Waals surface area contributed by atoms with Crippen LogP contribution >= 0.6 is 0 Å². The third-order valence-corrected chi connectivity index (χ3v) is 3.53. The Morgan fingerprint density at radius 3 is 2.84 bits per heavy atom. The van der Waals surface area contributed by atoms with Gasteiger partial charge in [-0.15, -0.1) is 5.10 Å². The zero-order valence-electron chi connectivity index (χ0n) is 13.7. The lowest BCUT2D eigenvalue weighted by Crippen LogP contribution is -2.10. The molecule has 1 heterocycles. The van der Waals surface area contributed by atoms with E-state index >= 15 is 0 Å². The molecule has 6 nitrogen and oxygen atoms in total. The van der Waals surface area contributed by atoms with Crippen LogP contribution in [0.4, 0.5) is 21.8 Å². The minimum Gasteiger partial charge on any atom is -0.497 e. The summed E-state index contributed by atoms with van der Waals surface area (Å²) in [5.41, 5.74) is 1.48. The Morgan fingerprint density at radius 1 is 1.12 bits per heavy atom. The molecule has 0 aliphatic rings. The van der Waals surface area contributed by atoms with E-state index in [2.05, 4.69) is 25.8 Å². The van der Waals surface area contributed by atoms with Crippen LogP contribution in [0.3, 0.4) is 0 Å². The maximum absolute atomic E-state index is 13.7. The molecular formula is C18H18FN5O. The monoisotopic (exact) mass is 339 g/mol. The Balaban J connectivity index is 1.59. The number of anilines is 3. The van der Waals surface area contributed by atoms with Crippen molar-refractivity contribution in [2.45, 2.75) is 6.42 Å². The molecule has 2 aromatic carbocycles. The summed E-state index contributed by atoms with van der Waals surface area (Å²) < 4.78 is 18.9. The molecule has 3 aromatic rings. The molecule has 0 fully saturated rings. The molecule has 0 amide bonds. The fourth-order valence-electron chi connectivity index (χ4n) is 2.29. The van der Waals surface area contributed by atoms with Crippen molar-refractivity contribution >= 4 is 17.5 Å². The van der Waals surface area contributed by atoms with Gasteiger partial charge in [-0.1, -0.05) is 24.3 Å². The number of para-hydroxylation sites is 1. The van der Waals surface area contributed by atoms with E-state index in [1.807, 2.05) is 24.3 Å². The fourth-order valence-corrected chi connectivity index (χ4v) is 2.29. The quantitative estimate of drug-likeness (QED) is 0.687. The zero-order chi connectivity index (χ0) is 17.5. The Labute approximate surface area is 145 Å². The number of benzene rings is 2. The first kappa shape index (κ1) is 16.6. The predicted octanol–water partition coefficient (Wildman–Crippen LogP) is 3.42. The van der Waals surface area contributed by atoms with E-state index in [0.717, 1.165) is 17.7 Å². The third-order valence-electron chi connectivity index (χ3n) is 3.53. The van der Waals surface area contributed by atoms with Crippen molar-refractivity contribution in [1.29, 1.82) is 0 Å². The second kappa shape index (κ2) is 8.05. The van der Waals surface area contributed by atoms with Crippen LogP contribution in [-0.2, 0) is 6.42 Å². The van der Waals surface area contributed by atoms with Gasteiger partial charge in [-0.2, -0.15) is 10.1 Å². The van der Waals surface area contributed by atoms with Crippen LogP contribution < -0.4 is 15.4 Å². The number of nitrogens with zero attached hydrogens (tertiary/aromatic N) is 3. The van der Waals surface area contributed by atoms with Crippen LogP contribution in [0.25, 0.3) is 0 Å². The summed E-state index contributed by atoms with van der Waals surface area (Å²) in [6, 6.07) is 14.2. The average molecular weight is 339 g/mol. The summed E-state index contributed by atoms with van der Waals surface area (Å²) in [5, 5.41) is 13.8. The van der Waals surface area contributed by atoms with E-state index in [9.17, 15) is 4.39 Å². The number of aromatic nitrogens is 3. The second-order valence-electron chi connectivity index (χ2n) is 5.30. The molecule has 0 spiro atoms. The lowest BCUT2D eigenvalue weighted by Gasteiger charge is -2.08. The Morgan fingerprint density at radius 2 is 2.00 bits per heavy atom. The van der Waals surface area contributed by atoms with Gasteiger partial charge in [0.15, 0.2) is 5.82 Å². The van der Waals surface area contributed by atoms with Crippen LogP contribution in [-0.4, -0.2) is 28.8 Å². The molecule has 0 saturated carbocycles. The molecule has 25 heavy (non-hydrogen) atoms. The largest absolute Gasteiger partial charge is 0.497 e. The van der Waals surface area contributed by atoms with Crippen molar-refractivity contribution in [1.82, 2.24) is 15.2 Å². The molecule has 3 rings (SSSR count). The topological polar surface area (TPSA) is 72.0 Å². The molecule has 1 aromatic heterocycles. The van der Waals surface area contributed by atoms with E-state index in [0.29, 0.717) is 24.0 Å². The molecular weight excluding hydrogens is 321 g/mol. The van der Waals surface area contributed by atoms with Crippen molar-refractivity contribution in [3.05, 3.63) is 66.1 Å². The van der Waals surface area contributed by atoms with Crippen molar-refractivity contribution < 1.29 is 9.13 Å². The van der Waals surface area contributed by atoms with E-state index in [1.54, 1.807) is 25.3 Å². The van der Waals surface area contributed by atoms with Crippen molar-refractivity contribution in [3.8, 4) is 5.75 Å². The first-order chi connectivity index (χ1) is 12.2. The number of rotatable bonds is 7. The van der Waals surface area contributed by atoms with Crippen LogP contribution in [0, 0.1) is 5.82 Å². The van der Waals surface area contributed by atoms with Gasteiger partial charge < -0.3 is 15.4 Å². The van der Waals surface area contributed by atoms with E-state index < -0.39 is 0 Å². The molecule has 0 atom stereocenters. The molecule has 0 aliphatic carbocycles. The molecule has 7 heteroatoms. The molecule has 2 N–H and O–H groups in total. The van der Waals surface area contributed by atoms with Crippen LogP contribution in [0.1, 0.15) is 5.56 Å². The van der Waals surface area contributed by atoms with Crippen LogP contribution in [0.5, 0.6) is 5.75 Å². The molecule has 0 bridgehead atoms. The SMILES string of the molecule is COc1cccc(CCNc2nncc(Nc3ccccc3F)n2)c1. The molecule has 0 saturated heterocycles. The Kier molecular flexibility index (Phi) is 5.36. The summed E-state index contributed by atoms with van der Waals surface area (Å²) in [4.78, 5) is 4.29. The number of methoxy groups -OCH3 is 1. The molecule has 0 radical (unpaired) electrons. The Hall–Kier alpha value is -3.22. The highest BCUT2D eigenvalue weighted by molar-refractivity contribution is 5.56. The first-order valence-corrected chi connectivity index (χ1v) is 7.82. The van der Waals surface area contributed by atoms with Crippen molar-refractivity contribution in [3.63, 3.8) is 0 Å². The third kappa shape index (κ3) is 4.63. The second-order valence-corrected chi connectivity index (χ2v) is 5.30. The highest BCUT2D eigenvalue weighted by atomic mass is 19.1. The van der Waals surface area contributed by atoms with Gasteiger partial charge in [-0.05, 0) is 36.2 Å². The van der Waals surface area contributed by atoms with Crippen molar-refractivity contribution in [2.24, 2.45) is 0 Å². The standard InChI is InChI=1S/C18H18FN5O/c1-25-14-6-4-5-13(11-14)9-10-20-18-23-17(12-21-24-18)22-16-8-3-2-7-15(16)19/h2-8,11-12H,9-10H2,1H3,(H2,20,22,23,24). The minimum absolute atomic E-state index is 0.338. The maximum atomic E-state index is 13.7. The van der Waals surface area contributed by atoms with E-state index in [-0.39, 0.29) is 5.82 Å². The summed E-state index contributed by atoms with van der Waals surface area (Å²) in [6.07, 6.45) is 2.23. The highest BCUT2D eigenvalue weighted by Gasteiger charge is 2.04. The molecule has 128 valence electrons. The van der Waals surface area contributed by atoms with Gasteiger partial charge in [0.05, 0.1) is 19.0 Å². The van der Waals surface area contributed by atoms with Crippen LogP contribution in [0.2, 0.25) is 0 Å². The van der Waals surface area contributed by atoms with Gasteiger partial charge in [0.2, 0.25) is 5.95 Å². The lowest BCUT2D eigenvalue weighted by molar-refractivity contribution is 0.414. The first-order valence-electron chi connectivity index (χ1n) is 7.82. The van der Waals surface area contributed by atoms with Crippen molar-refractivity contribution in [2.75, 3.05) is 24.3 Å². The lowest BCUT2D eigenvalue weighted by atomic mass is 10.1. The van der Waals surface area contributed by atoms with Gasteiger partial charge in [-0.25, -0.2) is 4.39 Å². The van der Waals surface area contributed by atoms with Gasteiger partial charge in [0, 0.05) is 6.54 Å². The smallest absolute Gasteiger partial charge is 0.244 e. The minimum atomic E-state index is -0.353. The van der Waals surface area contributed by atoms with Gasteiger partial charge in [-0.3, -0.25) is 0 Å².